The van der Waals surface area contributed by atoms with E-state index in [-0.39, 0.29) is 18.9 Å². The third kappa shape index (κ3) is 4.03. The van der Waals surface area contributed by atoms with Crippen molar-refractivity contribution in [3.8, 4) is 11.1 Å². The molecule has 3 rings (SSSR count). The molecule has 1 unspecified atom stereocenters. The normalized spacial score (nSPS) is 17.3. The molecule has 1 atom stereocenters. The van der Waals surface area contributed by atoms with Crippen LogP contribution in [0.25, 0.3) is 11.1 Å². The minimum atomic E-state index is -0.945. The van der Waals surface area contributed by atoms with Crippen LogP contribution in [0.15, 0.2) is 42.7 Å². The van der Waals surface area contributed by atoms with Gasteiger partial charge in [-0.2, -0.15) is 0 Å². The maximum atomic E-state index is 12.9. The second kappa shape index (κ2) is 7.44. The molecular weight excluding hydrogens is 320 g/mol. The number of hydrogen-bond donors (Lipinski definition) is 1. The summed E-state index contributed by atoms with van der Waals surface area (Å²) in [6.07, 6.45) is 3.12. The molecule has 0 aliphatic carbocycles. The van der Waals surface area contributed by atoms with E-state index in [1.54, 1.807) is 17.2 Å². The number of carboxylic acid groups (broad SMARTS) is 1. The first-order valence-corrected chi connectivity index (χ1v) is 8.17. The first-order chi connectivity index (χ1) is 12.0. The molecular formula is C19H20N2O4. The molecule has 0 saturated carbocycles. The lowest BCUT2D eigenvalue weighted by Gasteiger charge is -2.34. The topological polar surface area (TPSA) is 79.7 Å². The number of nitrogens with zero attached hydrogens (tertiary/aromatic N) is 2. The number of pyridine rings is 1. The summed E-state index contributed by atoms with van der Waals surface area (Å²) < 4.78 is 5.33. The summed E-state index contributed by atoms with van der Waals surface area (Å²) in [6.45, 7) is 3.04. The quantitative estimate of drug-likeness (QED) is 0.924. The number of benzene rings is 1. The fourth-order valence-electron chi connectivity index (χ4n) is 3.00. The molecule has 0 bridgehead atoms. The highest BCUT2D eigenvalue weighted by molar-refractivity contribution is 5.95. The summed E-state index contributed by atoms with van der Waals surface area (Å²) >= 11 is 0. The maximum Gasteiger partial charge on any atom is 0.305 e. The predicted molar refractivity (Wildman–Crippen MR) is 92.3 cm³/mol. The van der Waals surface area contributed by atoms with Gasteiger partial charge < -0.3 is 14.7 Å². The molecule has 0 spiro atoms. The van der Waals surface area contributed by atoms with Crippen LogP contribution in [0.5, 0.6) is 0 Å². The molecule has 25 heavy (non-hydrogen) atoms. The van der Waals surface area contributed by atoms with Crippen LogP contribution in [-0.2, 0) is 9.53 Å². The fraction of sp³-hybridized carbons (Fsp3) is 0.316. The van der Waals surface area contributed by atoms with Crippen molar-refractivity contribution in [3.63, 3.8) is 0 Å². The van der Waals surface area contributed by atoms with Gasteiger partial charge in [0, 0.05) is 24.5 Å². The highest BCUT2D eigenvalue weighted by atomic mass is 16.5. The Morgan fingerprint density at radius 3 is 2.88 bits per heavy atom. The van der Waals surface area contributed by atoms with Crippen molar-refractivity contribution in [1.82, 2.24) is 9.88 Å². The van der Waals surface area contributed by atoms with Gasteiger partial charge in [0.25, 0.3) is 5.91 Å². The molecule has 1 aliphatic rings. The molecule has 130 valence electrons. The van der Waals surface area contributed by atoms with Gasteiger partial charge >= 0.3 is 5.97 Å². The lowest BCUT2D eigenvalue weighted by Crippen LogP contribution is -2.49. The van der Waals surface area contributed by atoms with E-state index in [0.29, 0.717) is 18.7 Å². The van der Waals surface area contributed by atoms with Crippen molar-refractivity contribution in [2.75, 3.05) is 19.8 Å². The van der Waals surface area contributed by atoms with Crippen molar-refractivity contribution >= 4 is 11.9 Å². The van der Waals surface area contributed by atoms with Crippen molar-refractivity contribution in [3.05, 3.63) is 53.9 Å². The van der Waals surface area contributed by atoms with Crippen molar-refractivity contribution < 1.29 is 19.4 Å². The molecule has 6 heteroatoms. The third-order valence-corrected chi connectivity index (χ3v) is 4.24. The molecule has 1 fully saturated rings. The number of aliphatic carboxylic acids is 1. The van der Waals surface area contributed by atoms with Gasteiger partial charge in [0.1, 0.15) is 0 Å². The summed E-state index contributed by atoms with van der Waals surface area (Å²) in [5.41, 5.74) is 3.43. The van der Waals surface area contributed by atoms with E-state index in [0.717, 1.165) is 16.7 Å². The zero-order valence-electron chi connectivity index (χ0n) is 14.0. The predicted octanol–water partition coefficient (Wildman–Crippen LogP) is 2.37. The van der Waals surface area contributed by atoms with Crippen LogP contribution in [0.2, 0.25) is 0 Å². The average molecular weight is 340 g/mol. The molecule has 0 radical (unpaired) electrons. The number of aromatic nitrogens is 1. The number of aryl methyl sites for hydroxylation is 1. The number of rotatable bonds is 4. The number of amides is 1. The van der Waals surface area contributed by atoms with Crippen LogP contribution in [0.4, 0.5) is 0 Å². The SMILES string of the molecule is Cc1cccc(-c2cncc(C(=O)N3CCOCC3CC(=O)O)c2)c1. The Labute approximate surface area is 146 Å². The minimum Gasteiger partial charge on any atom is -0.481 e. The Balaban J connectivity index is 1.86. The lowest BCUT2D eigenvalue weighted by molar-refractivity contribution is -0.139. The zero-order chi connectivity index (χ0) is 17.8. The highest BCUT2D eigenvalue weighted by Gasteiger charge is 2.30. The Hall–Kier alpha value is -2.73. The average Bonchev–Trinajstić information content (AvgIpc) is 2.61. The first-order valence-electron chi connectivity index (χ1n) is 8.17. The number of hydrogen-bond acceptors (Lipinski definition) is 4. The second-order valence-corrected chi connectivity index (χ2v) is 6.16. The molecule has 1 saturated heterocycles. The lowest BCUT2D eigenvalue weighted by atomic mass is 10.0. The molecule has 1 aromatic carbocycles. The van der Waals surface area contributed by atoms with E-state index in [2.05, 4.69) is 4.98 Å². The van der Waals surface area contributed by atoms with Gasteiger partial charge in [0.05, 0.1) is 31.2 Å². The summed E-state index contributed by atoms with van der Waals surface area (Å²) in [5, 5.41) is 9.05. The summed E-state index contributed by atoms with van der Waals surface area (Å²) in [5.74, 6) is -1.16. The smallest absolute Gasteiger partial charge is 0.305 e. The standard InChI is InChI=1S/C19H20N2O4/c1-13-3-2-4-14(7-13)15-8-16(11-20-10-15)19(24)21-5-6-25-12-17(21)9-18(22)23/h2-4,7-8,10-11,17H,5-6,9,12H2,1H3,(H,22,23). The Morgan fingerprint density at radius 1 is 1.28 bits per heavy atom. The minimum absolute atomic E-state index is 0.128. The largest absolute Gasteiger partial charge is 0.481 e. The van der Waals surface area contributed by atoms with Crippen molar-refractivity contribution in [2.24, 2.45) is 0 Å². The summed E-state index contributed by atoms with van der Waals surface area (Å²) in [4.78, 5) is 29.7. The Kier molecular flexibility index (Phi) is 5.09. The highest BCUT2D eigenvalue weighted by Crippen LogP contribution is 2.22. The second-order valence-electron chi connectivity index (χ2n) is 6.16. The van der Waals surface area contributed by atoms with Crippen LogP contribution < -0.4 is 0 Å². The summed E-state index contributed by atoms with van der Waals surface area (Å²) in [6, 6.07) is 9.33. The van der Waals surface area contributed by atoms with Crippen molar-refractivity contribution in [2.45, 2.75) is 19.4 Å². The number of carbonyl (C=O) groups excluding carboxylic acids is 1. The molecule has 1 amide bonds. The van der Waals surface area contributed by atoms with Crippen LogP contribution in [0, 0.1) is 6.92 Å². The van der Waals surface area contributed by atoms with Gasteiger partial charge in [-0.25, -0.2) is 0 Å². The monoisotopic (exact) mass is 340 g/mol. The van der Waals surface area contributed by atoms with E-state index in [1.807, 2.05) is 31.2 Å². The van der Waals surface area contributed by atoms with E-state index < -0.39 is 12.0 Å². The van der Waals surface area contributed by atoms with Gasteiger partial charge in [-0.3, -0.25) is 14.6 Å². The van der Waals surface area contributed by atoms with Gasteiger partial charge in [-0.05, 0) is 18.6 Å². The van der Waals surface area contributed by atoms with Gasteiger partial charge in [-0.1, -0.05) is 29.8 Å². The summed E-state index contributed by atoms with van der Waals surface area (Å²) in [7, 11) is 0. The Morgan fingerprint density at radius 2 is 2.12 bits per heavy atom. The van der Waals surface area contributed by atoms with Crippen LogP contribution in [-0.4, -0.2) is 52.7 Å². The van der Waals surface area contributed by atoms with Gasteiger partial charge in [0.15, 0.2) is 0 Å². The maximum absolute atomic E-state index is 12.9. The number of ether oxygens (including phenoxy) is 1. The van der Waals surface area contributed by atoms with Crippen LogP contribution >= 0.6 is 0 Å². The van der Waals surface area contributed by atoms with E-state index in [1.165, 1.54) is 6.20 Å². The van der Waals surface area contributed by atoms with Crippen molar-refractivity contribution in [1.29, 1.82) is 0 Å². The first kappa shape index (κ1) is 17.1. The Bertz CT molecular complexity index is 790. The third-order valence-electron chi connectivity index (χ3n) is 4.24. The number of carbonyl (C=O) groups is 2. The van der Waals surface area contributed by atoms with Gasteiger partial charge in [0.2, 0.25) is 0 Å². The number of morpholine rings is 1. The molecule has 1 N–H and O–H groups in total. The molecule has 1 aromatic heterocycles. The molecule has 1 aliphatic heterocycles. The van der Waals surface area contributed by atoms with E-state index >= 15 is 0 Å². The van der Waals surface area contributed by atoms with Gasteiger partial charge in [-0.15, -0.1) is 0 Å². The van der Waals surface area contributed by atoms with Crippen LogP contribution in [0.3, 0.4) is 0 Å². The van der Waals surface area contributed by atoms with E-state index in [4.69, 9.17) is 9.84 Å². The number of carboxylic acids is 1. The molecule has 2 heterocycles. The molecule has 6 nitrogen and oxygen atoms in total. The van der Waals surface area contributed by atoms with Crippen LogP contribution in [0.1, 0.15) is 22.3 Å². The zero-order valence-corrected chi connectivity index (χ0v) is 14.0. The van der Waals surface area contributed by atoms with E-state index in [9.17, 15) is 9.59 Å². The fourth-order valence-corrected chi connectivity index (χ4v) is 3.00. The molecule has 2 aromatic rings.